The van der Waals surface area contributed by atoms with Crippen LogP contribution in [0.25, 0.3) is 0 Å². The first-order valence-electron chi connectivity index (χ1n) is 9.82. The molecule has 0 spiro atoms. The Morgan fingerprint density at radius 1 is 1.16 bits per heavy atom. The van der Waals surface area contributed by atoms with Gasteiger partial charge in [-0.2, -0.15) is 0 Å². The van der Waals surface area contributed by atoms with E-state index in [-0.39, 0.29) is 0 Å². The van der Waals surface area contributed by atoms with E-state index in [2.05, 4.69) is 20.9 Å². The van der Waals surface area contributed by atoms with Crippen LogP contribution in [0.3, 0.4) is 0 Å². The summed E-state index contributed by atoms with van der Waals surface area (Å²) in [6, 6.07) is 11.1. The van der Waals surface area contributed by atoms with Crippen LogP contribution in [0.15, 0.2) is 54.9 Å². The molecule has 3 atom stereocenters. The van der Waals surface area contributed by atoms with Gasteiger partial charge in [-0.05, 0) is 45.9 Å². The molecular weight excluding hydrogens is 400 g/mol. The number of amides is 3. The minimum atomic E-state index is -1.33. The van der Waals surface area contributed by atoms with Crippen LogP contribution >= 0.6 is 0 Å². The lowest BCUT2D eigenvalue weighted by atomic mass is 9.89. The molecule has 1 fully saturated rings. The first-order chi connectivity index (χ1) is 14.6. The van der Waals surface area contributed by atoms with Crippen LogP contribution in [0.4, 0.5) is 4.79 Å². The molecule has 1 aliphatic heterocycles. The number of aromatic nitrogens is 1. The van der Waals surface area contributed by atoms with Gasteiger partial charge in [0.25, 0.3) is 5.91 Å². The van der Waals surface area contributed by atoms with Crippen LogP contribution in [0.2, 0.25) is 0 Å². The SMILES string of the molecule is CC(C)(C)OC(=O)N[C@H](C(=O)N[C@]1(C)C(=O)N[C@H]1Oc1ccccc1)c1cccnc1. The third kappa shape index (κ3) is 5.30. The number of nitrogens with one attached hydrogen (secondary N) is 3. The van der Waals surface area contributed by atoms with Crippen molar-refractivity contribution in [1.29, 1.82) is 0 Å². The first-order valence-corrected chi connectivity index (χ1v) is 9.82. The standard InChI is InChI=1S/C22H26N4O5/c1-21(2,3)31-20(29)24-16(14-9-8-12-23-13-14)17(27)26-22(4)18(28)25-19(22)30-15-10-6-5-7-11-15/h5-13,16,19H,1-4H3,(H,24,29)(H,25,28)(H,26,27)/t16-,19-,22+/m0/s1. The molecule has 0 radical (unpaired) electrons. The largest absolute Gasteiger partial charge is 0.468 e. The van der Waals surface area contributed by atoms with Crippen molar-refractivity contribution in [3.8, 4) is 5.75 Å². The molecular formula is C22H26N4O5. The first kappa shape index (κ1) is 22.1. The van der Waals surface area contributed by atoms with Crippen molar-refractivity contribution >= 4 is 17.9 Å². The van der Waals surface area contributed by atoms with Gasteiger partial charge in [-0.3, -0.25) is 14.6 Å². The van der Waals surface area contributed by atoms with Crippen molar-refractivity contribution in [2.45, 2.75) is 51.1 Å². The van der Waals surface area contributed by atoms with Gasteiger partial charge in [-0.15, -0.1) is 0 Å². The molecule has 2 aromatic rings. The van der Waals surface area contributed by atoms with E-state index in [1.54, 1.807) is 70.3 Å². The maximum absolute atomic E-state index is 13.2. The number of β-lactam (4-membered cyclic amide) rings is 1. The highest BCUT2D eigenvalue weighted by atomic mass is 16.6. The highest BCUT2D eigenvalue weighted by Gasteiger charge is 2.55. The summed E-state index contributed by atoms with van der Waals surface area (Å²) >= 11 is 0. The Morgan fingerprint density at radius 2 is 1.87 bits per heavy atom. The zero-order valence-electron chi connectivity index (χ0n) is 17.8. The van der Waals surface area contributed by atoms with Crippen LogP contribution in [0, 0.1) is 0 Å². The fraction of sp³-hybridized carbons (Fsp3) is 0.364. The Balaban J connectivity index is 1.77. The number of nitrogens with zero attached hydrogens (tertiary/aromatic N) is 1. The molecule has 0 saturated carbocycles. The molecule has 1 aromatic heterocycles. The van der Waals surface area contributed by atoms with E-state index in [1.807, 2.05) is 6.07 Å². The second kappa shape index (κ2) is 8.63. The lowest BCUT2D eigenvalue weighted by Crippen LogP contribution is -2.80. The van der Waals surface area contributed by atoms with Gasteiger partial charge < -0.3 is 25.4 Å². The van der Waals surface area contributed by atoms with Crippen molar-refractivity contribution in [1.82, 2.24) is 20.9 Å². The normalized spacial score (nSPS) is 21.2. The summed E-state index contributed by atoms with van der Waals surface area (Å²) in [4.78, 5) is 41.8. The molecule has 3 amide bonds. The second-order valence-electron chi connectivity index (χ2n) is 8.34. The molecule has 1 aliphatic rings. The lowest BCUT2D eigenvalue weighted by molar-refractivity contribution is -0.154. The molecule has 3 N–H and O–H groups in total. The number of alkyl carbamates (subject to hydrolysis) is 1. The highest BCUT2D eigenvalue weighted by molar-refractivity contribution is 5.98. The summed E-state index contributed by atoms with van der Waals surface area (Å²) in [5.74, 6) is -0.453. The number of benzene rings is 1. The van der Waals surface area contributed by atoms with Gasteiger partial charge in [0, 0.05) is 18.0 Å². The quantitative estimate of drug-likeness (QED) is 0.609. The third-order valence-corrected chi connectivity index (χ3v) is 4.58. The Morgan fingerprint density at radius 3 is 2.45 bits per heavy atom. The Bertz CT molecular complexity index is 945. The van der Waals surface area contributed by atoms with Crippen LogP contribution in [-0.2, 0) is 14.3 Å². The van der Waals surface area contributed by atoms with E-state index in [4.69, 9.17) is 9.47 Å². The zero-order chi connectivity index (χ0) is 22.6. The number of rotatable bonds is 6. The predicted molar refractivity (Wildman–Crippen MR) is 112 cm³/mol. The monoisotopic (exact) mass is 426 g/mol. The average Bonchev–Trinajstić information content (AvgIpc) is 2.72. The van der Waals surface area contributed by atoms with E-state index in [0.717, 1.165) is 0 Å². The minimum absolute atomic E-state index is 0.399. The summed E-state index contributed by atoms with van der Waals surface area (Å²) < 4.78 is 11.1. The average molecular weight is 426 g/mol. The van der Waals surface area contributed by atoms with E-state index >= 15 is 0 Å². The molecule has 9 nitrogen and oxygen atoms in total. The lowest BCUT2D eigenvalue weighted by Gasteiger charge is -2.46. The van der Waals surface area contributed by atoms with Gasteiger partial charge >= 0.3 is 6.09 Å². The molecule has 31 heavy (non-hydrogen) atoms. The van der Waals surface area contributed by atoms with Crippen molar-refractivity contribution in [2.75, 3.05) is 0 Å². The van der Waals surface area contributed by atoms with Crippen molar-refractivity contribution in [3.63, 3.8) is 0 Å². The molecule has 3 rings (SSSR count). The fourth-order valence-electron chi connectivity index (χ4n) is 2.96. The van der Waals surface area contributed by atoms with E-state index in [0.29, 0.717) is 11.3 Å². The molecule has 9 heteroatoms. The Kier molecular flexibility index (Phi) is 6.14. The Labute approximate surface area is 180 Å². The van der Waals surface area contributed by atoms with Crippen molar-refractivity contribution < 1.29 is 23.9 Å². The molecule has 1 saturated heterocycles. The highest BCUT2D eigenvalue weighted by Crippen LogP contribution is 2.26. The van der Waals surface area contributed by atoms with Gasteiger partial charge in [0.2, 0.25) is 12.1 Å². The number of carbonyl (C=O) groups excluding carboxylic acids is 3. The summed E-state index contributed by atoms with van der Waals surface area (Å²) in [6.45, 7) is 6.72. The molecule has 1 aromatic carbocycles. The maximum Gasteiger partial charge on any atom is 0.408 e. The summed E-state index contributed by atoms with van der Waals surface area (Å²) in [6.07, 6.45) is 1.47. The van der Waals surface area contributed by atoms with E-state index < -0.39 is 41.3 Å². The number of pyridine rings is 1. The van der Waals surface area contributed by atoms with Gasteiger partial charge in [-0.1, -0.05) is 24.3 Å². The summed E-state index contributed by atoms with van der Waals surface area (Å²) in [5.41, 5.74) is -1.63. The van der Waals surface area contributed by atoms with Gasteiger partial charge in [0.05, 0.1) is 0 Å². The summed E-state index contributed by atoms with van der Waals surface area (Å²) in [5, 5.41) is 7.90. The van der Waals surface area contributed by atoms with E-state index in [9.17, 15) is 14.4 Å². The van der Waals surface area contributed by atoms with Crippen LogP contribution in [-0.4, -0.2) is 40.3 Å². The van der Waals surface area contributed by atoms with E-state index in [1.165, 1.54) is 6.20 Å². The topological polar surface area (TPSA) is 119 Å². The number of hydrogen-bond donors (Lipinski definition) is 3. The molecule has 0 unspecified atom stereocenters. The minimum Gasteiger partial charge on any atom is -0.468 e. The summed E-state index contributed by atoms with van der Waals surface area (Å²) in [7, 11) is 0. The zero-order valence-corrected chi connectivity index (χ0v) is 17.8. The molecule has 0 aliphatic carbocycles. The maximum atomic E-state index is 13.2. The van der Waals surface area contributed by atoms with Crippen molar-refractivity contribution in [3.05, 3.63) is 60.4 Å². The van der Waals surface area contributed by atoms with Gasteiger partial charge in [0.1, 0.15) is 17.4 Å². The number of para-hydroxylation sites is 1. The smallest absolute Gasteiger partial charge is 0.408 e. The second-order valence-corrected chi connectivity index (χ2v) is 8.34. The molecule has 0 bridgehead atoms. The number of hydrogen-bond acceptors (Lipinski definition) is 6. The van der Waals surface area contributed by atoms with Crippen LogP contribution in [0.5, 0.6) is 5.75 Å². The van der Waals surface area contributed by atoms with Crippen molar-refractivity contribution in [2.24, 2.45) is 0 Å². The molecule has 164 valence electrons. The van der Waals surface area contributed by atoms with Gasteiger partial charge in [0.15, 0.2) is 5.54 Å². The predicted octanol–water partition coefficient (Wildman–Crippen LogP) is 2.06. The number of carbonyl (C=O) groups is 3. The fourth-order valence-corrected chi connectivity index (χ4v) is 2.96. The molecule has 2 heterocycles. The van der Waals surface area contributed by atoms with Crippen LogP contribution < -0.4 is 20.7 Å². The Hall–Kier alpha value is -3.62. The number of ether oxygens (including phenoxy) is 2. The van der Waals surface area contributed by atoms with Gasteiger partial charge in [-0.25, -0.2) is 4.79 Å². The third-order valence-electron chi connectivity index (χ3n) is 4.58. The van der Waals surface area contributed by atoms with Crippen LogP contribution in [0.1, 0.15) is 39.3 Å².